The van der Waals surface area contributed by atoms with E-state index < -0.39 is 0 Å². The van der Waals surface area contributed by atoms with Gasteiger partial charge in [-0.25, -0.2) is 4.98 Å². The van der Waals surface area contributed by atoms with Gasteiger partial charge in [0.25, 0.3) is 5.91 Å². The summed E-state index contributed by atoms with van der Waals surface area (Å²) in [4.78, 5) is 16.4. The van der Waals surface area contributed by atoms with Crippen LogP contribution in [0.15, 0.2) is 53.1 Å². The van der Waals surface area contributed by atoms with Gasteiger partial charge in [0, 0.05) is 17.6 Å². The molecule has 3 rings (SSSR count). The molecule has 6 heteroatoms. The number of carbonyl (C=O) groups is 1. The number of rotatable bonds is 7. The van der Waals surface area contributed by atoms with E-state index in [1.807, 2.05) is 51.1 Å². The van der Waals surface area contributed by atoms with Crippen LogP contribution in [0.3, 0.4) is 0 Å². The van der Waals surface area contributed by atoms with Crippen LogP contribution >= 0.6 is 0 Å². The molecule has 1 N–H and O–H groups in total. The molecule has 0 saturated carbocycles. The Morgan fingerprint density at radius 2 is 1.96 bits per heavy atom. The van der Waals surface area contributed by atoms with E-state index >= 15 is 0 Å². The smallest absolute Gasteiger partial charge is 0.253 e. The van der Waals surface area contributed by atoms with Gasteiger partial charge in [-0.1, -0.05) is 18.2 Å². The number of nitrogens with one attached hydrogen (secondary N) is 1. The first-order valence-electron chi connectivity index (χ1n) is 8.89. The maximum atomic E-state index is 12.3. The second kappa shape index (κ2) is 8.22. The molecule has 142 valence electrons. The maximum Gasteiger partial charge on any atom is 0.253 e. The Hall–Kier alpha value is -2.86. The van der Waals surface area contributed by atoms with Gasteiger partial charge in [-0.15, -0.1) is 0 Å². The highest BCUT2D eigenvalue weighted by Gasteiger charge is 2.11. The molecule has 0 radical (unpaired) electrons. The molecule has 3 aromatic rings. The summed E-state index contributed by atoms with van der Waals surface area (Å²) < 4.78 is 16.8. The molecular weight excluding hydrogens is 344 g/mol. The maximum absolute atomic E-state index is 12.3. The molecule has 0 bridgehead atoms. The zero-order chi connectivity index (χ0) is 19.3. The van der Waals surface area contributed by atoms with Crippen LogP contribution in [0.2, 0.25) is 0 Å². The van der Waals surface area contributed by atoms with E-state index in [1.54, 1.807) is 12.1 Å². The molecule has 1 amide bonds. The van der Waals surface area contributed by atoms with Crippen LogP contribution in [-0.2, 0) is 11.3 Å². The van der Waals surface area contributed by atoms with Gasteiger partial charge in [-0.05, 0) is 39.0 Å². The van der Waals surface area contributed by atoms with Gasteiger partial charge in [-0.2, -0.15) is 0 Å². The van der Waals surface area contributed by atoms with Crippen LogP contribution < -0.4 is 10.1 Å². The number of furan rings is 1. The molecule has 0 aliphatic rings. The van der Waals surface area contributed by atoms with E-state index in [-0.39, 0.29) is 11.5 Å². The number of ether oxygens (including phenoxy) is 2. The number of hydrogen-bond donors (Lipinski definition) is 1. The van der Waals surface area contributed by atoms with Crippen molar-refractivity contribution in [3.8, 4) is 5.88 Å². The number of carbonyl (C=O) groups excluding carboxylic acids is 1. The molecule has 0 unspecified atom stereocenters. The fraction of sp³-hybridized carbons (Fsp3) is 0.333. The van der Waals surface area contributed by atoms with Gasteiger partial charge in [0.1, 0.15) is 18.0 Å². The predicted octanol–water partition coefficient (Wildman–Crippen LogP) is 3.95. The number of hydrogen-bond acceptors (Lipinski definition) is 5. The Balaban J connectivity index is 1.48. The quantitative estimate of drug-likeness (QED) is 0.639. The van der Waals surface area contributed by atoms with Crippen LogP contribution in [0.1, 0.15) is 36.9 Å². The fourth-order valence-corrected chi connectivity index (χ4v) is 2.49. The van der Waals surface area contributed by atoms with E-state index in [0.29, 0.717) is 37.0 Å². The number of benzene rings is 1. The number of amides is 1. The number of aromatic nitrogens is 1. The zero-order valence-electron chi connectivity index (χ0n) is 15.8. The van der Waals surface area contributed by atoms with Crippen molar-refractivity contribution in [3.63, 3.8) is 0 Å². The van der Waals surface area contributed by atoms with Crippen LogP contribution in [0.25, 0.3) is 11.0 Å². The third-order valence-electron chi connectivity index (χ3n) is 3.77. The summed E-state index contributed by atoms with van der Waals surface area (Å²) in [5.74, 6) is 0.947. The van der Waals surface area contributed by atoms with Crippen LogP contribution in [0, 0.1) is 0 Å². The summed E-state index contributed by atoms with van der Waals surface area (Å²) in [6, 6.07) is 13.0. The lowest BCUT2D eigenvalue weighted by Gasteiger charge is -2.19. The summed E-state index contributed by atoms with van der Waals surface area (Å²) >= 11 is 0. The summed E-state index contributed by atoms with van der Waals surface area (Å²) in [6.07, 6.45) is 1.49. The van der Waals surface area contributed by atoms with E-state index in [2.05, 4.69) is 10.3 Å². The average molecular weight is 368 g/mol. The topological polar surface area (TPSA) is 73.6 Å². The lowest BCUT2D eigenvalue weighted by Crippen LogP contribution is -2.23. The van der Waals surface area contributed by atoms with Crippen molar-refractivity contribution in [1.29, 1.82) is 0 Å². The van der Waals surface area contributed by atoms with Crippen molar-refractivity contribution in [2.24, 2.45) is 0 Å². The summed E-state index contributed by atoms with van der Waals surface area (Å²) in [5, 5.41) is 3.85. The monoisotopic (exact) mass is 368 g/mol. The van der Waals surface area contributed by atoms with Crippen molar-refractivity contribution in [2.45, 2.75) is 32.9 Å². The van der Waals surface area contributed by atoms with E-state index in [0.717, 1.165) is 11.0 Å². The Kier molecular flexibility index (Phi) is 5.76. The molecule has 0 fully saturated rings. The first-order valence-corrected chi connectivity index (χ1v) is 8.89. The Bertz CT molecular complexity index is 861. The average Bonchev–Trinajstić information content (AvgIpc) is 3.06. The van der Waals surface area contributed by atoms with Gasteiger partial charge in [0.2, 0.25) is 5.88 Å². The summed E-state index contributed by atoms with van der Waals surface area (Å²) in [7, 11) is 0. The third-order valence-corrected chi connectivity index (χ3v) is 3.77. The van der Waals surface area contributed by atoms with Gasteiger partial charge >= 0.3 is 0 Å². The highest BCUT2D eigenvalue weighted by atomic mass is 16.5. The molecule has 0 spiro atoms. The fourth-order valence-electron chi connectivity index (χ4n) is 2.49. The van der Waals surface area contributed by atoms with Gasteiger partial charge in [0.15, 0.2) is 0 Å². The van der Waals surface area contributed by atoms with Crippen molar-refractivity contribution in [2.75, 3.05) is 13.2 Å². The number of para-hydroxylation sites is 1. The zero-order valence-corrected chi connectivity index (χ0v) is 15.8. The molecule has 0 aliphatic carbocycles. The number of pyridine rings is 1. The van der Waals surface area contributed by atoms with Gasteiger partial charge in [-0.3, -0.25) is 4.79 Å². The van der Waals surface area contributed by atoms with E-state index in [1.165, 1.54) is 6.20 Å². The Morgan fingerprint density at radius 1 is 1.15 bits per heavy atom. The largest absolute Gasteiger partial charge is 0.475 e. The third kappa shape index (κ3) is 5.56. The highest BCUT2D eigenvalue weighted by molar-refractivity contribution is 5.93. The lowest BCUT2D eigenvalue weighted by atomic mass is 10.2. The second-order valence-corrected chi connectivity index (χ2v) is 7.13. The first-order chi connectivity index (χ1) is 12.9. The number of fused-ring (bicyclic) bond motifs is 1. The standard InChI is InChI=1S/C21H24N2O4/c1-21(2,3)26-11-10-25-19-9-8-16(13-22-19)20(24)23-14-17-12-15-6-4-5-7-18(15)27-17/h4-9,12-13H,10-11,14H2,1-3H3,(H,23,24). The van der Waals surface area contributed by atoms with Crippen molar-refractivity contribution in [1.82, 2.24) is 10.3 Å². The number of nitrogens with zero attached hydrogens (tertiary/aromatic N) is 1. The highest BCUT2D eigenvalue weighted by Crippen LogP contribution is 2.18. The Morgan fingerprint density at radius 3 is 2.67 bits per heavy atom. The van der Waals surface area contributed by atoms with Crippen LogP contribution in [-0.4, -0.2) is 29.7 Å². The van der Waals surface area contributed by atoms with Gasteiger partial charge in [0.05, 0.1) is 24.3 Å². The molecule has 0 aliphatic heterocycles. The van der Waals surface area contributed by atoms with Crippen molar-refractivity contribution in [3.05, 3.63) is 60.0 Å². The minimum atomic E-state index is -0.217. The molecular formula is C21H24N2O4. The van der Waals surface area contributed by atoms with Gasteiger partial charge < -0.3 is 19.2 Å². The minimum absolute atomic E-state index is 0.196. The SMILES string of the molecule is CC(C)(C)OCCOc1ccc(C(=O)NCc2cc3ccccc3o2)cn1. The summed E-state index contributed by atoms with van der Waals surface area (Å²) in [5.41, 5.74) is 1.07. The molecule has 2 heterocycles. The summed E-state index contributed by atoms with van der Waals surface area (Å²) in [6.45, 7) is 7.17. The lowest BCUT2D eigenvalue weighted by molar-refractivity contribution is -0.0168. The van der Waals surface area contributed by atoms with Crippen molar-refractivity contribution < 1.29 is 18.7 Å². The molecule has 6 nitrogen and oxygen atoms in total. The molecule has 1 aromatic carbocycles. The molecule has 0 saturated heterocycles. The van der Waals surface area contributed by atoms with E-state index in [4.69, 9.17) is 13.9 Å². The van der Waals surface area contributed by atoms with Crippen LogP contribution in [0.5, 0.6) is 5.88 Å². The first kappa shape index (κ1) is 18.9. The normalized spacial score (nSPS) is 11.5. The Labute approximate surface area is 158 Å². The van der Waals surface area contributed by atoms with Crippen LogP contribution in [0.4, 0.5) is 0 Å². The molecule has 0 atom stereocenters. The van der Waals surface area contributed by atoms with Crippen molar-refractivity contribution >= 4 is 16.9 Å². The predicted molar refractivity (Wildman–Crippen MR) is 103 cm³/mol. The second-order valence-electron chi connectivity index (χ2n) is 7.13. The minimum Gasteiger partial charge on any atom is -0.475 e. The van der Waals surface area contributed by atoms with E-state index in [9.17, 15) is 4.79 Å². The molecule has 2 aromatic heterocycles. The molecule has 27 heavy (non-hydrogen) atoms.